The molecule has 2 aromatic carbocycles. The van der Waals surface area contributed by atoms with Crippen molar-refractivity contribution in [2.75, 3.05) is 0 Å². The van der Waals surface area contributed by atoms with Crippen molar-refractivity contribution in [3.63, 3.8) is 0 Å². The lowest BCUT2D eigenvalue weighted by Crippen LogP contribution is -2.30. The van der Waals surface area contributed by atoms with Crippen molar-refractivity contribution in [2.24, 2.45) is 0 Å². The summed E-state index contributed by atoms with van der Waals surface area (Å²) < 4.78 is 0. The number of aliphatic carboxylic acids is 1. The maximum Gasteiger partial charge on any atom is 0.305 e. The lowest BCUT2D eigenvalue weighted by molar-refractivity contribution is -0.137. The van der Waals surface area contributed by atoms with Crippen LogP contribution in [0.1, 0.15) is 28.4 Å². The smallest absolute Gasteiger partial charge is 0.305 e. The molecule has 1 amide bonds. The van der Waals surface area contributed by atoms with Gasteiger partial charge < -0.3 is 10.4 Å². The van der Waals surface area contributed by atoms with Gasteiger partial charge >= 0.3 is 5.97 Å². The molecule has 2 aromatic rings. The fourth-order valence-corrected chi connectivity index (χ4v) is 2.18. The number of benzene rings is 2. The first-order valence-electron chi connectivity index (χ1n) is 6.39. The van der Waals surface area contributed by atoms with Crippen molar-refractivity contribution in [1.82, 2.24) is 5.32 Å². The molecule has 0 heterocycles. The van der Waals surface area contributed by atoms with Crippen LogP contribution in [0, 0.1) is 0 Å². The fourth-order valence-electron chi connectivity index (χ4n) is 1.98. The van der Waals surface area contributed by atoms with Gasteiger partial charge in [-0.2, -0.15) is 0 Å². The summed E-state index contributed by atoms with van der Waals surface area (Å²) in [5.41, 5.74) is 1.14. The predicted octanol–water partition coefficient (Wildman–Crippen LogP) is 3.29. The maximum absolute atomic E-state index is 12.2. The summed E-state index contributed by atoms with van der Waals surface area (Å²) >= 11 is 5.92. The standard InChI is InChI=1S/C16H14ClNO3/c17-13-8-4-7-12(9-13)14(10-15(19)20)18-16(21)11-5-2-1-3-6-11/h1-9,14H,10H2,(H,18,21)(H,19,20). The second-order valence-electron chi connectivity index (χ2n) is 4.54. The normalized spacial score (nSPS) is 11.7. The van der Waals surface area contributed by atoms with Gasteiger partial charge in [-0.3, -0.25) is 9.59 Å². The average Bonchev–Trinajstić information content (AvgIpc) is 2.47. The van der Waals surface area contributed by atoms with Crippen LogP contribution < -0.4 is 5.32 Å². The molecule has 0 fully saturated rings. The van der Waals surface area contributed by atoms with Crippen LogP contribution in [0.4, 0.5) is 0 Å². The highest BCUT2D eigenvalue weighted by atomic mass is 35.5. The van der Waals surface area contributed by atoms with E-state index in [-0.39, 0.29) is 12.3 Å². The summed E-state index contributed by atoms with van der Waals surface area (Å²) in [6.07, 6.45) is -0.209. The number of carbonyl (C=O) groups is 2. The first-order valence-corrected chi connectivity index (χ1v) is 6.77. The van der Waals surface area contributed by atoms with Gasteiger partial charge in [-0.1, -0.05) is 41.9 Å². The van der Waals surface area contributed by atoms with Gasteiger partial charge in [0, 0.05) is 10.6 Å². The van der Waals surface area contributed by atoms with Gasteiger partial charge in [0.1, 0.15) is 0 Å². The molecular weight excluding hydrogens is 290 g/mol. The molecule has 1 unspecified atom stereocenters. The van der Waals surface area contributed by atoms with Gasteiger partial charge in [0.25, 0.3) is 5.91 Å². The topological polar surface area (TPSA) is 66.4 Å². The molecule has 21 heavy (non-hydrogen) atoms. The zero-order valence-corrected chi connectivity index (χ0v) is 11.9. The Balaban J connectivity index is 2.21. The predicted molar refractivity (Wildman–Crippen MR) is 80.4 cm³/mol. The lowest BCUT2D eigenvalue weighted by Gasteiger charge is -2.17. The zero-order chi connectivity index (χ0) is 15.2. The van der Waals surface area contributed by atoms with E-state index in [2.05, 4.69) is 5.32 Å². The summed E-state index contributed by atoms with van der Waals surface area (Å²) in [4.78, 5) is 23.2. The van der Waals surface area contributed by atoms with Gasteiger partial charge in [-0.25, -0.2) is 0 Å². The van der Waals surface area contributed by atoms with E-state index in [1.807, 2.05) is 6.07 Å². The molecule has 1 atom stereocenters. The molecule has 0 saturated carbocycles. The number of hydrogen-bond donors (Lipinski definition) is 2. The Morgan fingerprint density at radius 1 is 1.10 bits per heavy atom. The van der Waals surface area contributed by atoms with E-state index >= 15 is 0 Å². The molecule has 0 radical (unpaired) electrons. The molecule has 108 valence electrons. The van der Waals surface area contributed by atoms with Crippen LogP contribution in [0.15, 0.2) is 54.6 Å². The third kappa shape index (κ3) is 4.33. The number of hydrogen-bond acceptors (Lipinski definition) is 2. The number of carbonyl (C=O) groups excluding carboxylic acids is 1. The van der Waals surface area contributed by atoms with Crippen molar-refractivity contribution in [1.29, 1.82) is 0 Å². The monoisotopic (exact) mass is 303 g/mol. The summed E-state index contributed by atoms with van der Waals surface area (Å²) in [6.45, 7) is 0. The van der Waals surface area contributed by atoms with Gasteiger partial charge in [0.15, 0.2) is 0 Å². The molecule has 0 bridgehead atoms. The first kappa shape index (κ1) is 15.1. The second-order valence-corrected chi connectivity index (χ2v) is 4.98. The number of amides is 1. The molecule has 0 aliphatic carbocycles. The van der Waals surface area contributed by atoms with Crippen molar-refractivity contribution in [3.05, 3.63) is 70.7 Å². The molecule has 5 heteroatoms. The minimum Gasteiger partial charge on any atom is -0.481 e. The van der Waals surface area contributed by atoms with E-state index in [1.165, 1.54) is 0 Å². The van der Waals surface area contributed by atoms with Crippen molar-refractivity contribution in [3.8, 4) is 0 Å². The third-order valence-corrected chi connectivity index (χ3v) is 3.21. The number of nitrogens with one attached hydrogen (secondary N) is 1. The highest BCUT2D eigenvalue weighted by Gasteiger charge is 2.19. The van der Waals surface area contributed by atoms with Crippen molar-refractivity contribution >= 4 is 23.5 Å². The minimum atomic E-state index is -0.992. The van der Waals surface area contributed by atoms with Crippen LogP contribution in [0.3, 0.4) is 0 Å². The van der Waals surface area contributed by atoms with Crippen LogP contribution in [-0.2, 0) is 4.79 Å². The molecule has 0 saturated heterocycles. The van der Waals surface area contributed by atoms with Crippen LogP contribution in [0.5, 0.6) is 0 Å². The molecule has 4 nitrogen and oxygen atoms in total. The van der Waals surface area contributed by atoms with Gasteiger partial charge in [0.2, 0.25) is 0 Å². The summed E-state index contributed by atoms with van der Waals surface area (Å²) in [5.74, 6) is -1.31. The highest BCUT2D eigenvalue weighted by molar-refractivity contribution is 6.30. The van der Waals surface area contributed by atoms with Crippen LogP contribution in [0.2, 0.25) is 5.02 Å². The Morgan fingerprint density at radius 3 is 2.43 bits per heavy atom. The number of halogens is 1. The first-order chi connectivity index (χ1) is 10.1. The lowest BCUT2D eigenvalue weighted by atomic mass is 10.0. The summed E-state index contributed by atoms with van der Waals surface area (Å²) in [7, 11) is 0. The van der Waals surface area contributed by atoms with E-state index in [1.54, 1.807) is 48.5 Å². The molecular formula is C16H14ClNO3. The van der Waals surface area contributed by atoms with E-state index in [0.29, 0.717) is 16.1 Å². The number of carboxylic acid groups (broad SMARTS) is 1. The molecule has 2 N–H and O–H groups in total. The Kier molecular flexibility index (Phi) is 4.95. The van der Waals surface area contributed by atoms with Gasteiger partial charge in [-0.15, -0.1) is 0 Å². The van der Waals surface area contributed by atoms with Crippen molar-refractivity contribution < 1.29 is 14.7 Å². The molecule has 0 aliphatic heterocycles. The van der Waals surface area contributed by atoms with Crippen LogP contribution in [0.25, 0.3) is 0 Å². The van der Waals surface area contributed by atoms with Crippen molar-refractivity contribution in [2.45, 2.75) is 12.5 Å². The fraction of sp³-hybridized carbons (Fsp3) is 0.125. The van der Waals surface area contributed by atoms with Crippen LogP contribution in [-0.4, -0.2) is 17.0 Å². The highest BCUT2D eigenvalue weighted by Crippen LogP contribution is 2.21. The van der Waals surface area contributed by atoms with Gasteiger partial charge in [0.05, 0.1) is 12.5 Å². The van der Waals surface area contributed by atoms with E-state index in [9.17, 15) is 9.59 Å². The Bertz CT molecular complexity index is 643. The quantitative estimate of drug-likeness (QED) is 0.890. The Hall–Kier alpha value is -2.33. The largest absolute Gasteiger partial charge is 0.481 e. The second kappa shape index (κ2) is 6.90. The average molecular weight is 304 g/mol. The number of carboxylic acids is 1. The molecule has 0 spiro atoms. The molecule has 2 rings (SSSR count). The number of rotatable bonds is 5. The summed E-state index contributed by atoms with van der Waals surface area (Å²) in [6, 6.07) is 14.8. The Labute approximate surface area is 127 Å². The molecule has 0 aromatic heterocycles. The Morgan fingerprint density at radius 2 is 1.81 bits per heavy atom. The SMILES string of the molecule is O=C(O)CC(NC(=O)c1ccccc1)c1cccc(Cl)c1. The van der Waals surface area contributed by atoms with Gasteiger partial charge in [-0.05, 0) is 29.8 Å². The van der Waals surface area contributed by atoms with E-state index in [0.717, 1.165) is 0 Å². The molecule has 0 aliphatic rings. The summed E-state index contributed by atoms with van der Waals surface area (Å²) in [5, 5.41) is 12.2. The van der Waals surface area contributed by atoms with E-state index < -0.39 is 12.0 Å². The third-order valence-electron chi connectivity index (χ3n) is 2.97. The minimum absolute atomic E-state index is 0.209. The maximum atomic E-state index is 12.2. The van der Waals surface area contributed by atoms with E-state index in [4.69, 9.17) is 16.7 Å². The zero-order valence-electron chi connectivity index (χ0n) is 11.1. The van der Waals surface area contributed by atoms with Crippen LogP contribution >= 0.6 is 11.6 Å².